The second kappa shape index (κ2) is 4.85. The lowest BCUT2D eigenvalue weighted by molar-refractivity contribution is 0.102. The molecule has 0 saturated carbocycles. The van der Waals surface area contributed by atoms with Crippen molar-refractivity contribution < 1.29 is 4.79 Å². The van der Waals surface area contributed by atoms with Crippen LogP contribution in [0.5, 0.6) is 0 Å². The SMILES string of the molecule is O=C(Nc1ccc(Br)cn1)c1cccc2cc[nH]c12. The number of halogens is 1. The normalized spacial score (nSPS) is 10.6. The van der Waals surface area contributed by atoms with Gasteiger partial charge in [-0.15, -0.1) is 0 Å². The third kappa shape index (κ3) is 2.37. The molecule has 3 aromatic rings. The van der Waals surface area contributed by atoms with E-state index in [-0.39, 0.29) is 5.91 Å². The molecule has 0 atom stereocenters. The molecule has 2 N–H and O–H groups in total. The Morgan fingerprint density at radius 3 is 2.89 bits per heavy atom. The summed E-state index contributed by atoms with van der Waals surface area (Å²) in [4.78, 5) is 19.4. The predicted octanol–water partition coefficient (Wildman–Crippen LogP) is 3.58. The number of nitrogens with zero attached hydrogens (tertiary/aromatic N) is 1. The lowest BCUT2D eigenvalue weighted by Crippen LogP contribution is -2.13. The van der Waals surface area contributed by atoms with E-state index in [4.69, 9.17) is 0 Å². The van der Waals surface area contributed by atoms with Crippen LogP contribution in [0.3, 0.4) is 0 Å². The minimum Gasteiger partial charge on any atom is -0.361 e. The summed E-state index contributed by atoms with van der Waals surface area (Å²) in [5.41, 5.74) is 1.43. The van der Waals surface area contributed by atoms with E-state index in [1.54, 1.807) is 18.3 Å². The molecule has 3 rings (SSSR count). The summed E-state index contributed by atoms with van der Waals surface area (Å²) in [5.74, 6) is 0.347. The first-order chi connectivity index (χ1) is 9.24. The number of H-pyrrole nitrogens is 1. The number of para-hydroxylation sites is 1. The standard InChI is InChI=1S/C14H10BrN3O/c15-10-4-5-12(17-8-10)18-14(19)11-3-1-2-9-6-7-16-13(9)11/h1-8,16H,(H,17,18,19). The van der Waals surface area contributed by atoms with Crippen molar-refractivity contribution in [2.75, 3.05) is 5.32 Å². The minimum atomic E-state index is -0.178. The van der Waals surface area contributed by atoms with Crippen LogP contribution in [0.1, 0.15) is 10.4 Å². The molecule has 0 spiro atoms. The summed E-state index contributed by atoms with van der Waals surface area (Å²) < 4.78 is 0.872. The van der Waals surface area contributed by atoms with Crippen LogP contribution in [0.2, 0.25) is 0 Å². The molecule has 0 saturated heterocycles. The Bertz CT molecular complexity index is 734. The van der Waals surface area contributed by atoms with Crippen molar-refractivity contribution in [1.29, 1.82) is 0 Å². The summed E-state index contributed by atoms with van der Waals surface area (Å²) >= 11 is 3.30. The van der Waals surface area contributed by atoms with Crippen molar-refractivity contribution >= 4 is 38.6 Å². The Hall–Kier alpha value is -2.14. The Balaban J connectivity index is 1.92. The zero-order chi connectivity index (χ0) is 13.2. The molecule has 94 valence electrons. The number of rotatable bonds is 2. The van der Waals surface area contributed by atoms with E-state index in [2.05, 4.69) is 31.2 Å². The van der Waals surface area contributed by atoms with E-state index >= 15 is 0 Å². The number of hydrogen-bond acceptors (Lipinski definition) is 2. The maximum absolute atomic E-state index is 12.2. The van der Waals surface area contributed by atoms with E-state index < -0.39 is 0 Å². The second-order valence-corrected chi connectivity index (χ2v) is 4.98. The topological polar surface area (TPSA) is 57.8 Å². The van der Waals surface area contributed by atoms with Gasteiger partial charge < -0.3 is 10.3 Å². The average Bonchev–Trinajstić information content (AvgIpc) is 2.89. The Labute approximate surface area is 118 Å². The molecule has 0 aliphatic carbocycles. The van der Waals surface area contributed by atoms with Gasteiger partial charge in [0.25, 0.3) is 5.91 Å². The van der Waals surface area contributed by atoms with Crippen molar-refractivity contribution in [2.45, 2.75) is 0 Å². The zero-order valence-electron chi connectivity index (χ0n) is 9.85. The summed E-state index contributed by atoms with van der Waals surface area (Å²) in [5, 5.41) is 3.79. The third-order valence-corrected chi connectivity index (χ3v) is 3.27. The number of aromatic nitrogens is 2. The van der Waals surface area contributed by atoms with E-state index in [0.29, 0.717) is 11.4 Å². The highest BCUT2D eigenvalue weighted by Gasteiger charge is 2.11. The largest absolute Gasteiger partial charge is 0.361 e. The highest BCUT2D eigenvalue weighted by Crippen LogP contribution is 2.18. The first kappa shape index (κ1) is 11.9. The van der Waals surface area contributed by atoms with Crippen LogP contribution in [0, 0.1) is 0 Å². The van der Waals surface area contributed by atoms with Gasteiger partial charge in [0, 0.05) is 22.3 Å². The van der Waals surface area contributed by atoms with Crippen molar-refractivity contribution in [3.8, 4) is 0 Å². The molecule has 1 aromatic carbocycles. The highest BCUT2D eigenvalue weighted by atomic mass is 79.9. The first-order valence-electron chi connectivity index (χ1n) is 5.73. The fraction of sp³-hybridized carbons (Fsp3) is 0. The summed E-state index contributed by atoms with van der Waals surface area (Å²) in [6, 6.07) is 11.1. The molecule has 0 bridgehead atoms. The van der Waals surface area contributed by atoms with Gasteiger partial charge in [0.1, 0.15) is 5.82 Å². The fourth-order valence-electron chi connectivity index (χ4n) is 1.91. The highest BCUT2D eigenvalue weighted by molar-refractivity contribution is 9.10. The van der Waals surface area contributed by atoms with Crippen molar-refractivity contribution in [3.63, 3.8) is 0 Å². The van der Waals surface area contributed by atoms with E-state index in [0.717, 1.165) is 15.4 Å². The van der Waals surface area contributed by atoms with Gasteiger partial charge in [-0.2, -0.15) is 0 Å². The van der Waals surface area contributed by atoms with E-state index in [1.807, 2.05) is 30.5 Å². The van der Waals surface area contributed by atoms with Gasteiger partial charge in [-0.25, -0.2) is 4.98 Å². The maximum atomic E-state index is 12.2. The molecule has 0 aliphatic heterocycles. The monoisotopic (exact) mass is 315 g/mol. The van der Waals surface area contributed by atoms with Crippen molar-refractivity contribution in [2.24, 2.45) is 0 Å². The molecule has 2 aromatic heterocycles. The van der Waals surface area contributed by atoms with Crippen molar-refractivity contribution in [3.05, 3.63) is 58.8 Å². The van der Waals surface area contributed by atoms with Crippen LogP contribution in [0.25, 0.3) is 10.9 Å². The molecule has 2 heterocycles. The van der Waals surface area contributed by atoms with Crippen LogP contribution in [-0.2, 0) is 0 Å². The van der Waals surface area contributed by atoms with Crippen LogP contribution >= 0.6 is 15.9 Å². The number of amides is 1. The molecule has 0 radical (unpaired) electrons. The Kier molecular flexibility index (Phi) is 3.05. The van der Waals surface area contributed by atoms with Crippen LogP contribution < -0.4 is 5.32 Å². The lowest BCUT2D eigenvalue weighted by Gasteiger charge is -2.05. The molecule has 5 heteroatoms. The van der Waals surface area contributed by atoms with Gasteiger partial charge in [0.2, 0.25) is 0 Å². The van der Waals surface area contributed by atoms with Crippen LogP contribution in [0.15, 0.2) is 53.3 Å². The molecule has 4 nitrogen and oxygen atoms in total. The zero-order valence-corrected chi connectivity index (χ0v) is 11.4. The van der Waals surface area contributed by atoms with Gasteiger partial charge in [0.05, 0.1) is 11.1 Å². The average molecular weight is 316 g/mol. The van der Waals surface area contributed by atoms with Crippen molar-refractivity contribution in [1.82, 2.24) is 9.97 Å². The molecule has 19 heavy (non-hydrogen) atoms. The summed E-state index contributed by atoms with van der Waals surface area (Å²) in [6.45, 7) is 0. The number of aromatic amines is 1. The van der Waals surface area contributed by atoms with E-state index in [9.17, 15) is 4.79 Å². The molecule has 0 unspecified atom stereocenters. The van der Waals surface area contributed by atoms with E-state index in [1.165, 1.54) is 0 Å². The van der Waals surface area contributed by atoms with Gasteiger partial charge in [-0.1, -0.05) is 12.1 Å². The summed E-state index contributed by atoms with van der Waals surface area (Å²) in [7, 11) is 0. The number of hydrogen-bond donors (Lipinski definition) is 2. The quantitative estimate of drug-likeness (QED) is 0.759. The first-order valence-corrected chi connectivity index (χ1v) is 6.52. The third-order valence-electron chi connectivity index (χ3n) is 2.80. The number of nitrogens with one attached hydrogen (secondary N) is 2. The number of pyridine rings is 1. The Morgan fingerprint density at radius 2 is 2.11 bits per heavy atom. The lowest BCUT2D eigenvalue weighted by atomic mass is 10.1. The second-order valence-electron chi connectivity index (χ2n) is 4.06. The molecule has 0 fully saturated rings. The minimum absolute atomic E-state index is 0.178. The Morgan fingerprint density at radius 1 is 1.21 bits per heavy atom. The number of carbonyl (C=O) groups excluding carboxylic acids is 1. The van der Waals surface area contributed by atoms with Gasteiger partial charge in [-0.3, -0.25) is 4.79 Å². The molecular weight excluding hydrogens is 306 g/mol. The number of fused-ring (bicyclic) bond motifs is 1. The van der Waals surface area contributed by atoms with Crippen LogP contribution in [-0.4, -0.2) is 15.9 Å². The number of carbonyl (C=O) groups is 1. The van der Waals surface area contributed by atoms with Crippen LogP contribution in [0.4, 0.5) is 5.82 Å². The van der Waals surface area contributed by atoms with Gasteiger partial charge in [0.15, 0.2) is 0 Å². The molecule has 0 aliphatic rings. The fourth-order valence-corrected chi connectivity index (χ4v) is 2.14. The maximum Gasteiger partial charge on any atom is 0.258 e. The summed E-state index contributed by atoms with van der Waals surface area (Å²) in [6.07, 6.45) is 3.46. The smallest absolute Gasteiger partial charge is 0.258 e. The number of anilines is 1. The molecular formula is C14H10BrN3O. The van der Waals surface area contributed by atoms with Gasteiger partial charge in [-0.05, 0) is 40.2 Å². The molecule has 1 amide bonds. The number of benzene rings is 1. The predicted molar refractivity (Wildman–Crippen MR) is 78.2 cm³/mol. The van der Waals surface area contributed by atoms with Gasteiger partial charge >= 0.3 is 0 Å².